The molecule has 0 saturated heterocycles. The Morgan fingerprint density at radius 1 is 1.39 bits per heavy atom. The predicted octanol–water partition coefficient (Wildman–Crippen LogP) is 0.731. The lowest BCUT2D eigenvalue weighted by atomic mass is 10.1. The van der Waals surface area contributed by atoms with Crippen LogP contribution in [0.3, 0.4) is 0 Å². The molecule has 1 amide bonds. The van der Waals surface area contributed by atoms with Gasteiger partial charge in [-0.2, -0.15) is 5.10 Å². The topological polar surface area (TPSA) is 89.2 Å². The summed E-state index contributed by atoms with van der Waals surface area (Å²) in [5, 5.41) is 16.8. The van der Waals surface area contributed by atoms with Gasteiger partial charge in [0.2, 0.25) is 0 Å². The first-order valence-electron chi connectivity index (χ1n) is 7.69. The third kappa shape index (κ3) is 2.99. The highest BCUT2D eigenvalue weighted by Gasteiger charge is 2.22. The first kappa shape index (κ1) is 15.3. The Morgan fingerprint density at radius 2 is 2.17 bits per heavy atom. The Bertz CT molecular complexity index is 806. The molecular weight excluding hydrogens is 296 g/mol. The van der Waals surface area contributed by atoms with Crippen molar-refractivity contribution in [1.82, 2.24) is 19.7 Å². The predicted molar refractivity (Wildman–Crippen MR) is 84.5 cm³/mol. The van der Waals surface area contributed by atoms with Gasteiger partial charge in [-0.3, -0.25) is 9.36 Å². The van der Waals surface area contributed by atoms with Gasteiger partial charge in [-0.05, 0) is 37.5 Å². The molecule has 2 aromatic rings. The highest BCUT2D eigenvalue weighted by Crippen LogP contribution is 2.17. The molecular formula is C16H20N4O3. The Kier molecular flexibility index (Phi) is 3.94. The third-order valence-electron chi connectivity index (χ3n) is 4.30. The van der Waals surface area contributed by atoms with Crippen LogP contribution in [0.2, 0.25) is 0 Å². The molecule has 0 saturated carbocycles. The van der Waals surface area contributed by atoms with E-state index in [-0.39, 0.29) is 23.4 Å². The van der Waals surface area contributed by atoms with Crippen molar-refractivity contribution < 1.29 is 9.90 Å². The van der Waals surface area contributed by atoms with E-state index in [0.29, 0.717) is 24.9 Å². The number of phenols is 1. The van der Waals surface area contributed by atoms with Crippen molar-refractivity contribution >= 4 is 5.91 Å². The lowest BCUT2D eigenvalue weighted by molar-refractivity contribution is 0.0932. The Morgan fingerprint density at radius 3 is 2.96 bits per heavy atom. The number of benzene rings is 1. The number of aromatic hydroxyl groups is 1. The van der Waals surface area contributed by atoms with Gasteiger partial charge in [0.1, 0.15) is 11.6 Å². The number of carbonyl (C=O) groups excluding carboxylic acids is 1. The Labute approximate surface area is 133 Å². The molecule has 0 radical (unpaired) electrons. The van der Waals surface area contributed by atoms with Crippen molar-refractivity contribution in [3.63, 3.8) is 0 Å². The van der Waals surface area contributed by atoms with E-state index in [1.54, 1.807) is 23.7 Å². The molecule has 0 bridgehead atoms. The minimum atomic E-state index is -0.198. The van der Waals surface area contributed by atoms with Gasteiger partial charge in [0.05, 0.1) is 0 Å². The largest absolute Gasteiger partial charge is 0.508 e. The van der Waals surface area contributed by atoms with Crippen LogP contribution < -0.4 is 11.0 Å². The molecule has 1 aliphatic rings. The summed E-state index contributed by atoms with van der Waals surface area (Å²) in [6, 6.07) is 4.74. The quantitative estimate of drug-likeness (QED) is 0.855. The lowest BCUT2D eigenvalue weighted by Crippen LogP contribution is -2.36. The standard InChI is InChI=1S/C16H20N4O3/c1-10-3-5-12(21)9-13(10)15(22)17-11-4-6-14-18-19(2)16(23)20(14)8-7-11/h3,5,9,11,21H,4,6-8H2,1-2H3,(H,17,22). The monoisotopic (exact) mass is 316 g/mol. The number of hydrogen-bond acceptors (Lipinski definition) is 4. The molecule has 7 nitrogen and oxygen atoms in total. The number of nitrogens with one attached hydrogen (secondary N) is 1. The van der Waals surface area contributed by atoms with Crippen LogP contribution in [-0.4, -0.2) is 31.4 Å². The lowest BCUT2D eigenvalue weighted by Gasteiger charge is -2.17. The Hall–Kier alpha value is -2.57. The van der Waals surface area contributed by atoms with Gasteiger partial charge in [0.15, 0.2) is 0 Å². The van der Waals surface area contributed by atoms with Crippen molar-refractivity contribution in [3.05, 3.63) is 45.6 Å². The number of carbonyl (C=O) groups is 1. The normalized spacial score (nSPS) is 17.4. The summed E-state index contributed by atoms with van der Waals surface area (Å²) < 4.78 is 3.02. The minimum Gasteiger partial charge on any atom is -0.508 e. The summed E-state index contributed by atoms with van der Waals surface area (Å²) in [5.74, 6) is 0.642. The SMILES string of the molecule is Cc1ccc(O)cc1C(=O)NC1CCc2nn(C)c(=O)n2CC1. The first-order chi connectivity index (χ1) is 11.0. The van der Waals surface area contributed by atoms with Crippen molar-refractivity contribution in [2.24, 2.45) is 7.05 Å². The van der Waals surface area contributed by atoms with Crippen LogP contribution in [0.15, 0.2) is 23.0 Å². The van der Waals surface area contributed by atoms with Gasteiger partial charge in [0.25, 0.3) is 5.91 Å². The van der Waals surface area contributed by atoms with Crippen molar-refractivity contribution in [2.45, 2.75) is 38.8 Å². The summed E-state index contributed by atoms with van der Waals surface area (Å²) >= 11 is 0. The molecule has 7 heteroatoms. The van der Waals surface area contributed by atoms with E-state index in [9.17, 15) is 14.7 Å². The van der Waals surface area contributed by atoms with Crippen molar-refractivity contribution in [2.75, 3.05) is 0 Å². The molecule has 1 aliphatic heterocycles. The van der Waals surface area contributed by atoms with Gasteiger partial charge in [-0.15, -0.1) is 0 Å². The van der Waals surface area contributed by atoms with Crippen LogP contribution in [0.1, 0.15) is 34.6 Å². The molecule has 0 spiro atoms. The fourth-order valence-corrected chi connectivity index (χ4v) is 2.96. The van der Waals surface area contributed by atoms with E-state index in [1.165, 1.54) is 10.7 Å². The van der Waals surface area contributed by atoms with Gasteiger partial charge < -0.3 is 10.4 Å². The van der Waals surface area contributed by atoms with Crippen molar-refractivity contribution in [3.8, 4) is 5.75 Å². The van der Waals surface area contributed by atoms with Crippen molar-refractivity contribution in [1.29, 1.82) is 0 Å². The molecule has 122 valence electrons. The smallest absolute Gasteiger partial charge is 0.345 e. The minimum absolute atomic E-state index is 0.0179. The number of phenolic OH excluding ortho intramolecular Hbond substituents is 1. The molecule has 23 heavy (non-hydrogen) atoms. The summed E-state index contributed by atoms with van der Waals surface area (Å²) in [4.78, 5) is 24.4. The summed E-state index contributed by atoms with van der Waals surface area (Å²) in [7, 11) is 1.65. The van der Waals surface area contributed by atoms with Crippen LogP contribution in [0.5, 0.6) is 5.75 Å². The molecule has 0 fully saturated rings. The number of nitrogens with zero attached hydrogens (tertiary/aromatic N) is 3. The number of aryl methyl sites for hydroxylation is 3. The maximum Gasteiger partial charge on any atom is 0.345 e. The van der Waals surface area contributed by atoms with Crippen LogP contribution >= 0.6 is 0 Å². The highest BCUT2D eigenvalue weighted by molar-refractivity contribution is 5.96. The van der Waals surface area contributed by atoms with E-state index >= 15 is 0 Å². The molecule has 1 unspecified atom stereocenters. The third-order valence-corrected chi connectivity index (χ3v) is 4.30. The number of hydrogen-bond donors (Lipinski definition) is 2. The summed E-state index contributed by atoms with van der Waals surface area (Å²) in [6.45, 7) is 2.38. The number of fused-ring (bicyclic) bond motifs is 1. The molecule has 0 aliphatic carbocycles. The van der Waals surface area contributed by atoms with E-state index in [4.69, 9.17) is 0 Å². The highest BCUT2D eigenvalue weighted by atomic mass is 16.3. The number of aromatic nitrogens is 3. The van der Waals surface area contributed by atoms with Gasteiger partial charge in [-0.1, -0.05) is 6.07 Å². The van der Waals surface area contributed by atoms with Crippen LogP contribution in [0.25, 0.3) is 0 Å². The van der Waals surface area contributed by atoms with Crippen LogP contribution in [0, 0.1) is 6.92 Å². The van der Waals surface area contributed by atoms with E-state index in [2.05, 4.69) is 10.4 Å². The second kappa shape index (κ2) is 5.91. The zero-order valence-corrected chi connectivity index (χ0v) is 13.2. The molecule has 2 heterocycles. The van der Waals surface area contributed by atoms with E-state index < -0.39 is 0 Å². The summed E-state index contributed by atoms with van der Waals surface area (Å²) in [6.07, 6.45) is 2.07. The second-order valence-electron chi connectivity index (χ2n) is 5.97. The molecule has 2 N–H and O–H groups in total. The zero-order valence-electron chi connectivity index (χ0n) is 13.2. The van der Waals surface area contributed by atoms with Gasteiger partial charge in [0, 0.05) is 31.6 Å². The maximum absolute atomic E-state index is 12.4. The summed E-state index contributed by atoms with van der Waals surface area (Å²) in [5.41, 5.74) is 1.18. The van der Waals surface area contributed by atoms with Gasteiger partial charge in [-0.25, -0.2) is 9.48 Å². The van der Waals surface area contributed by atoms with Gasteiger partial charge >= 0.3 is 5.69 Å². The average molecular weight is 316 g/mol. The molecule has 3 rings (SSSR count). The average Bonchev–Trinajstić information content (AvgIpc) is 2.68. The van der Waals surface area contributed by atoms with E-state index in [1.807, 2.05) is 6.92 Å². The Balaban J connectivity index is 1.71. The van der Waals surface area contributed by atoms with Crippen LogP contribution in [0.4, 0.5) is 0 Å². The first-order valence-corrected chi connectivity index (χ1v) is 7.69. The zero-order chi connectivity index (χ0) is 16.6. The fourth-order valence-electron chi connectivity index (χ4n) is 2.96. The fraction of sp³-hybridized carbons (Fsp3) is 0.438. The molecule has 1 atom stereocenters. The molecule has 1 aromatic carbocycles. The molecule has 1 aromatic heterocycles. The maximum atomic E-state index is 12.4. The van der Waals surface area contributed by atoms with E-state index in [0.717, 1.165) is 17.8 Å². The van der Waals surface area contributed by atoms with Crippen LogP contribution in [-0.2, 0) is 20.0 Å². The number of rotatable bonds is 2. The second-order valence-corrected chi connectivity index (χ2v) is 5.97. The number of amides is 1.